The first-order valence-corrected chi connectivity index (χ1v) is 14.2. The molecule has 3 heterocycles. The SMILES string of the molecule is Cc1nc2c(c(C)c(C)n2C)c(-c2ccc(Cl)cc2)c1[C@@H](OC(C)(C)C)C(=O)N1C(=O)OC[C@H]1Cc1ccccc1. The van der Waals surface area contributed by atoms with Gasteiger partial charge in [-0.3, -0.25) is 4.79 Å². The van der Waals surface area contributed by atoms with Gasteiger partial charge < -0.3 is 14.0 Å². The van der Waals surface area contributed by atoms with Crippen LogP contribution in [0.2, 0.25) is 5.02 Å². The Hall–Kier alpha value is -3.68. The maximum absolute atomic E-state index is 14.6. The molecular formula is C33H36ClN3O4. The molecule has 0 bridgehead atoms. The molecule has 0 aliphatic carbocycles. The fourth-order valence-corrected chi connectivity index (χ4v) is 5.73. The summed E-state index contributed by atoms with van der Waals surface area (Å²) >= 11 is 6.28. The van der Waals surface area contributed by atoms with Gasteiger partial charge in [0, 0.05) is 40.0 Å². The molecule has 1 saturated heterocycles. The predicted molar refractivity (Wildman–Crippen MR) is 161 cm³/mol. The van der Waals surface area contributed by atoms with Gasteiger partial charge in [-0.05, 0) is 76.8 Å². The molecule has 0 unspecified atom stereocenters. The van der Waals surface area contributed by atoms with Gasteiger partial charge in [0.15, 0.2) is 6.10 Å². The van der Waals surface area contributed by atoms with Gasteiger partial charge in [0.05, 0.1) is 11.6 Å². The molecule has 7 nitrogen and oxygen atoms in total. The van der Waals surface area contributed by atoms with E-state index in [9.17, 15) is 9.59 Å². The number of amides is 2. The molecule has 0 saturated carbocycles. The van der Waals surface area contributed by atoms with Crippen LogP contribution in [-0.2, 0) is 27.7 Å². The smallest absolute Gasteiger partial charge is 0.417 e. The average Bonchev–Trinajstić information content (AvgIpc) is 3.38. The molecule has 1 aliphatic rings. The lowest BCUT2D eigenvalue weighted by Crippen LogP contribution is -2.45. The molecule has 41 heavy (non-hydrogen) atoms. The molecule has 1 fully saturated rings. The summed E-state index contributed by atoms with van der Waals surface area (Å²) in [6.07, 6.45) is -1.29. The van der Waals surface area contributed by atoms with Crippen molar-refractivity contribution >= 4 is 34.6 Å². The van der Waals surface area contributed by atoms with Crippen LogP contribution in [0.4, 0.5) is 4.79 Å². The molecule has 2 aromatic carbocycles. The van der Waals surface area contributed by atoms with Gasteiger partial charge in [0.1, 0.15) is 12.3 Å². The van der Waals surface area contributed by atoms with Gasteiger partial charge in [-0.1, -0.05) is 54.1 Å². The zero-order valence-electron chi connectivity index (χ0n) is 24.6. The third-order valence-electron chi connectivity index (χ3n) is 7.75. The Kier molecular flexibility index (Phi) is 7.70. The van der Waals surface area contributed by atoms with Crippen molar-refractivity contribution in [2.75, 3.05) is 6.61 Å². The Bertz CT molecular complexity index is 1620. The quantitative estimate of drug-likeness (QED) is 0.242. The van der Waals surface area contributed by atoms with Crippen LogP contribution in [-0.4, -0.2) is 44.7 Å². The zero-order valence-corrected chi connectivity index (χ0v) is 25.4. The minimum absolute atomic E-state index is 0.124. The van der Waals surface area contributed by atoms with Crippen LogP contribution in [0.25, 0.3) is 22.2 Å². The number of imide groups is 1. The lowest BCUT2D eigenvalue weighted by atomic mass is 9.90. The second-order valence-electron chi connectivity index (χ2n) is 11.7. The number of nitrogens with zero attached hydrogens (tertiary/aromatic N) is 3. The second kappa shape index (κ2) is 11.0. The molecule has 5 rings (SSSR count). The van der Waals surface area contributed by atoms with Crippen LogP contribution in [0.1, 0.15) is 55.0 Å². The molecule has 214 valence electrons. The van der Waals surface area contributed by atoms with Crippen LogP contribution in [0, 0.1) is 20.8 Å². The Balaban J connectivity index is 1.73. The average molecular weight is 574 g/mol. The number of rotatable bonds is 6. The van der Waals surface area contributed by atoms with Gasteiger partial charge in [0.25, 0.3) is 5.91 Å². The fraction of sp³-hybridized carbons (Fsp3) is 0.364. The highest BCUT2D eigenvalue weighted by molar-refractivity contribution is 6.30. The van der Waals surface area contributed by atoms with Gasteiger partial charge in [0.2, 0.25) is 0 Å². The first-order chi connectivity index (χ1) is 19.4. The first kappa shape index (κ1) is 28.8. The molecule has 0 radical (unpaired) electrons. The van der Waals surface area contributed by atoms with Crippen molar-refractivity contribution in [3.63, 3.8) is 0 Å². The number of carbonyl (C=O) groups excluding carboxylic acids is 2. The van der Waals surface area contributed by atoms with Crippen molar-refractivity contribution < 1.29 is 19.1 Å². The van der Waals surface area contributed by atoms with E-state index < -0.39 is 29.7 Å². The van der Waals surface area contributed by atoms with E-state index in [1.54, 1.807) is 0 Å². The van der Waals surface area contributed by atoms with Crippen molar-refractivity contribution in [3.8, 4) is 11.1 Å². The number of hydrogen-bond donors (Lipinski definition) is 0. The molecule has 2 atom stereocenters. The topological polar surface area (TPSA) is 73.7 Å². The Morgan fingerprint density at radius 1 is 1.10 bits per heavy atom. The summed E-state index contributed by atoms with van der Waals surface area (Å²) in [7, 11) is 1.99. The number of hydrogen-bond acceptors (Lipinski definition) is 5. The minimum Gasteiger partial charge on any atom is -0.447 e. The molecule has 2 aromatic heterocycles. The van der Waals surface area contributed by atoms with Gasteiger partial charge in [-0.15, -0.1) is 0 Å². The third kappa shape index (κ3) is 5.48. The molecule has 8 heteroatoms. The zero-order chi connectivity index (χ0) is 29.6. The monoisotopic (exact) mass is 573 g/mol. The van der Waals surface area contributed by atoms with Crippen LogP contribution < -0.4 is 0 Å². The Morgan fingerprint density at radius 2 is 1.76 bits per heavy atom. The minimum atomic E-state index is -1.11. The summed E-state index contributed by atoms with van der Waals surface area (Å²) in [5.74, 6) is -0.465. The van der Waals surface area contributed by atoms with E-state index in [2.05, 4.69) is 18.4 Å². The summed E-state index contributed by atoms with van der Waals surface area (Å²) in [5.41, 5.74) is 6.27. The van der Waals surface area contributed by atoms with Gasteiger partial charge in [-0.25, -0.2) is 14.7 Å². The van der Waals surface area contributed by atoms with E-state index in [4.69, 9.17) is 26.1 Å². The highest BCUT2D eigenvalue weighted by Gasteiger charge is 2.44. The van der Waals surface area contributed by atoms with Crippen molar-refractivity contribution in [1.82, 2.24) is 14.5 Å². The summed E-state index contributed by atoms with van der Waals surface area (Å²) in [4.78, 5) is 33.9. The number of fused-ring (bicyclic) bond motifs is 1. The maximum atomic E-state index is 14.6. The highest BCUT2D eigenvalue weighted by Crippen LogP contribution is 2.43. The van der Waals surface area contributed by atoms with Crippen molar-refractivity contribution in [2.45, 2.75) is 65.7 Å². The van der Waals surface area contributed by atoms with Crippen LogP contribution in [0.3, 0.4) is 0 Å². The number of cyclic esters (lactones) is 1. The summed E-state index contributed by atoms with van der Waals surface area (Å²) < 4.78 is 14.1. The number of halogens is 1. The van der Waals surface area contributed by atoms with E-state index in [1.807, 2.05) is 89.3 Å². The number of benzene rings is 2. The summed E-state index contributed by atoms with van der Waals surface area (Å²) in [6.45, 7) is 11.8. The predicted octanol–water partition coefficient (Wildman–Crippen LogP) is 7.27. The van der Waals surface area contributed by atoms with E-state index in [-0.39, 0.29) is 6.61 Å². The summed E-state index contributed by atoms with van der Waals surface area (Å²) in [5, 5.41) is 1.55. The first-order valence-electron chi connectivity index (χ1n) is 13.8. The van der Waals surface area contributed by atoms with E-state index in [0.717, 1.165) is 39.0 Å². The number of aromatic nitrogens is 2. The third-order valence-corrected chi connectivity index (χ3v) is 8.00. The van der Waals surface area contributed by atoms with E-state index in [0.29, 0.717) is 22.7 Å². The number of aryl methyl sites for hydroxylation is 3. The van der Waals surface area contributed by atoms with Crippen molar-refractivity contribution in [3.05, 3.63) is 87.7 Å². The molecule has 2 amide bonds. The van der Waals surface area contributed by atoms with Crippen LogP contribution >= 0.6 is 11.6 Å². The van der Waals surface area contributed by atoms with E-state index in [1.165, 1.54) is 4.90 Å². The normalized spacial score (nSPS) is 16.3. The number of pyridine rings is 1. The largest absolute Gasteiger partial charge is 0.447 e. The maximum Gasteiger partial charge on any atom is 0.417 e. The number of ether oxygens (including phenoxy) is 2. The van der Waals surface area contributed by atoms with Gasteiger partial charge in [-0.2, -0.15) is 0 Å². The highest BCUT2D eigenvalue weighted by atomic mass is 35.5. The second-order valence-corrected chi connectivity index (χ2v) is 12.1. The van der Waals surface area contributed by atoms with Crippen LogP contribution in [0.15, 0.2) is 54.6 Å². The molecule has 0 N–H and O–H groups in total. The molecular weight excluding hydrogens is 538 g/mol. The summed E-state index contributed by atoms with van der Waals surface area (Å²) in [6, 6.07) is 16.9. The molecule has 4 aromatic rings. The fourth-order valence-electron chi connectivity index (χ4n) is 5.61. The van der Waals surface area contributed by atoms with Gasteiger partial charge >= 0.3 is 6.09 Å². The lowest BCUT2D eigenvalue weighted by Gasteiger charge is -2.32. The Labute approximate surface area is 246 Å². The molecule has 0 spiro atoms. The van der Waals surface area contributed by atoms with E-state index >= 15 is 0 Å². The molecule has 1 aliphatic heterocycles. The lowest BCUT2D eigenvalue weighted by molar-refractivity contribution is -0.152. The van der Waals surface area contributed by atoms with Crippen LogP contribution in [0.5, 0.6) is 0 Å². The van der Waals surface area contributed by atoms with Crippen molar-refractivity contribution in [2.24, 2.45) is 7.05 Å². The van der Waals surface area contributed by atoms with Crippen molar-refractivity contribution in [1.29, 1.82) is 0 Å². The Morgan fingerprint density at radius 3 is 2.39 bits per heavy atom. The standard InChI is InChI=1S/C33H36ClN3O4/c1-19-21(3)36(7)30-26(19)28(23-13-15-24(34)16-14-23)27(20(2)35-30)29(41-33(4,5)6)31(38)37-25(18-40-32(37)39)17-22-11-9-8-10-12-22/h8-16,25,29H,17-18H2,1-7H3/t25-,29-/m1/s1. The number of carbonyl (C=O) groups is 2.